The molecule has 0 bridgehead atoms. The van der Waals surface area contributed by atoms with Crippen LogP contribution in [0.1, 0.15) is 11.3 Å². The van der Waals surface area contributed by atoms with E-state index < -0.39 is 10.0 Å². The summed E-state index contributed by atoms with van der Waals surface area (Å²) in [6, 6.07) is 3.20. The third kappa shape index (κ3) is 2.95. The predicted molar refractivity (Wildman–Crippen MR) is 67.5 cm³/mol. The first-order chi connectivity index (χ1) is 8.01. The second-order valence-electron chi connectivity index (χ2n) is 4.16. The van der Waals surface area contributed by atoms with Crippen LogP contribution in [0.2, 0.25) is 0 Å². The van der Waals surface area contributed by atoms with E-state index in [4.69, 9.17) is 5.11 Å². The monoisotopic (exact) mass is 273 g/mol. The van der Waals surface area contributed by atoms with E-state index in [0.29, 0.717) is 10.6 Å². The van der Waals surface area contributed by atoms with Crippen LogP contribution in [0.25, 0.3) is 0 Å². The van der Waals surface area contributed by atoms with Crippen molar-refractivity contribution in [3.05, 3.63) is 29.2 Å². The van der Waals surface area contributed by atoms with Crippen molar-refractivity contribution < 1.29 is 13.5 Å². The third-order valence-corrected chi connectivity index (χ3v) is 5.68. The van der Waals surface area contributed by atoms with Crippen LogP contribution in [0.3, 0.4) is 0 Å². The molecule has 1 aliphatic carbocycles. The summed E-state index contributed by atoms with van der Waals surface area (Å²) in [7, 11) is -3.42. The Morgan fingerprint density at radius 2 is 2.24 bits per heavy atom. The molecule has 0 radical (unpaired) electrons. The van der Waals surface area contributed by atoms with Crippen LogP contribution in [0, 0.1) is 12.8 Å². The lowest BCUT2D eigenvalue weighted by molar-refractivity contribution is 0.248. The molecule has 0 fully saturated rings. The SMILES string of the molecule is Cc1ccc(S(=O)(=O)N[C@@H]2C=C[C@H](CO)C2)s1. The minimum Gasteiger partial charge on any atom is -0.396 e. The van der Waals surface area contributed by atoms with Crippen molar-refractivity contribution in [1.82, 2.24) is 4.72 Å². The fraction of sp³-hybridized carbons (Fsp3) is 0.455. The average Bonchev–Trinajstić information content (AvgIpc) is 2.86. The molecule has 6 heteroatoms. The second-order valence-corrected chi connectivity index (χ2v) is 7.38. The van der Waals surface area contributed by atoms with Gasteiger partial charge in [-0.05, 0) is 25.5 Å². The van der Waals surface area contributed by atoms with Crippen LogP contribution in [0.5, 0.6) is 0 Å². The number of rotatable bonds is 4. The lowest BCUT2D eigenvalue weighted by Crippen LogP contribution is -2.32. The van der Waals surface area contributed by atoms with E-state index in [-0.39, 0.29) is 18.6 Å². The molecular weight excluding hydrogens is 258 g/mol. The summed E-state index contributed by atoms with van der Waals surface area (Å²) in [5.41, 5.74) is 0. The van der Waals surface area contributed by atoms with E-state index in [1.807, 2.05) is 13.0 Å². The first-order valence-electron chi connectivity index (χ1n) is 5.39. The van der Waals surface area contributed by atoms with E-state index in [9.17, 15) is 8.42 Å². The highest BCUT2D eigenvalue weighted by atomic mass is 32.2. The van der Waals surface area contributed by atoms with Gasteiger partial charge in [0.25, 0.3) is 10.0 Å². The summed E-state index contributed by atoms with van der Waals surface area (Å²) >= 11 is 1.26. The Hall–Kier alpha value is -0.690. The van der Waals surface area contributed by atoms with E-state index in [0.717, 1.165) is 4.88 Å². The zero-order valence-electron chi connectivity index (χ0n) is 9.46. The van der Waals surface area contributed by atoms with Gasteiger partial charge < -0.3 is 5.11 Å². The van der Waals surface area contributed by atoms with Gasteiger partial charge in [0.05, 0.1) is 0 Å². The van der Waals surface area contributed by atoms with Crippen LogP contribution < -0.4 is 4.72 Å². The van der Waals surface area contributed by atoms with E-state index in [2.05, 4.69) is 4.72 Å². The van der Waals surface area contributed by atoms with Gasteiger partial charge in [0, 0.05) is 23.4 Å². The van der Waals surface area contributed by atoms with Gasteiger partial charge in [-0.25, -0.2) is 13.1 Å². The maximum Gasteiger partial charge on any atom is 0.250 e. The average molecular weight is 273 g/mol. The lowest BCUT2D eigenvalue weighted by Gasteiger charge is -2.11. The van der Waals surface area contributed by atoms with Gasteiger partial charge in [0.2, 0.25) is 0 Å². The molecule has 17 heavy (non-hydrogen) atoms. The number of thiophene rings is 1. The highest BCUT2D eigenvalue weighted by Crippen LogP contribution is 2.23. The van der Waals surface area contributed by atoms with Gasteiger partial charge in [0.15, 0.2) is 0 Å². The van der Waals surface area contributed by atoms with Crippen molar-refractivity contribution in [2.45, 2.75) is 23.6 Å². The molecule has 2 atom stereocenters. The molecule has 0 saturated heterocycles. The molecule has 4 nitrogen and oxygen atoms in total. The van der Waals surface area contributed by atoms with Crippen LogP contribution in [0.15, 0.2) is 28.5 Å². The lowest BCUT2D eigenvalue weighted by atomic mass is 10.1. The summed E-state index contributed by atoms with van der Waals surface area (Å²) in [6.07, 6.45) is 4.28. The van der Waals surface area contributed by atoms with Gasteiger partial charge in [-0.2, -0.15) is 0 Å². The Labute approximate surface area is 105 Å². The summed E-state index contributed by atoms with van der Waals surface area (Å²) < 4.78 is 27.0. The molecule has 0 spiro atoms. The van der Waals surface area contributed by atoms with Crippen molar-refractivity contribution in [3.63, 3.8) is 0 Å². The standard InChI is InChI=1S/C11H15NO3S2/c1-8-2-5-11(16-8)17(14,15)12-10-4-3-9(6-10)7-13/h2-5,9-10,12-13H,6-7H2,1H3/t9-,10+/m0/s1. The Kier molecular flexibility index (Phi) is 3.67. The number of sulfonamides is 1. The molecule has 0 saturated carbocycles. The van der Waals surface area contributed by atoms with Gasteiger partial charge in [-0.15, -0.1) is 11.3 Å². The third-order valence-electron chi connectivity index (χ3n) is 2.69. The Bertz CT molecular complexity index is 519. The Morgan fingerprint density at radius 3 is 2.76 bits per heavy atom. The summed E-state index contributed by atoms with van der Waals surface area (Å²) in [6.45, 7) is 1.94. The quantitative estimate of drug-likeness (QED) is 0.812. The molecule has 94 valence electrons. The van der Waals surface area contributed by atoms with E-state index in [1.165, 1.54) is 11.3 Å². The number of hydrogen-bond donors (Lipinski definition) is 2. The van der Waals surface area contributed by atoms with Gasteiger partial charge in [-0.1, -0.05) is 12.2 Å². The number of aliphatic hydroxyl groups excluding tert-OH is 1. The zero-order valence-corrected chi connectivity index (χ0v) is 11.1. The highest BCUT2D eigenvalue weighted by Gasteiger charge is 2.24. The van der Waals surface area contributed by atoms with Crippen LogP contribution in [0.4, 0.5) is 0 Å². The molecule has 1 heterocycles. The minimum atomic E-state index is -3.42. The van der Waals surface area contributed by atoms with Crippen LogP contribution >= 0.6 is 11.3 Å². The number of nitrogens with one attached hydrogen (secondary N) is 1. The Morgan fingerprint density at radius 1 is 1.47 bits per heavy atom. The number of aliphatic hydroxyl groups is 1. The molecule has 2 rings (SSSR count). The molecule has 0 amide bonds. The first-order valence-corrected chi connectivity index (χ1v) is 7.69. The summed E-state index contributed by atoms with van der Waals surface area (Å²) in [5, 5.41) is 8.98. The van der Waals surface area contributed by atoms with Crippen molar-refractivity contribution >= 4 is 21.4 Å². The number of aryl methyl sites for hydroxylation is 1. The van der Waals surface area contributed by atoms with E-state index >= 15 is 0 Å². The molecule has 1 aliphatic rings. The van der Waals surface area contributed by atoms with Crippen molar-refractivity contribution in [1.29, 1.82) is 0 Å². The fourth-order valence-electron chi connectivity index (χ4n) is 1.81. The maximum atomic E-state index is 12.0. The van der Waals surface area contributed by atoms with Gasteiger partial charge in [-0.3, -0.25) is 0 Å². The zero-order chi connectivity index (χ0) is 12.5. The smallest absolute Gasteiger partial charge is 0.250 e. The fourth-order valence-corrected chi connectivity index (χ4v) is 4.31. The molecule has 1 aromatic heterocycles. The highest BCUT2D eigenvalue weighted by molar-refractivity contribution is 7.91. The summed E-state index contributed by atoms with van der Waals surface area (Å²) in [5.74, 6) is 0.0628. The predicted octanol–water partition coefficient (Wildman–Crippen LogP) is 1.27. The molecule has 1 aromatic rings. The largest absolute Gasteiger partial charge is 0.396 e. The van der Waals surface area contributed by atoms with E-state index in [1.54, 1.807) is 18.2 Å². The molecule has 0 aromatic carbocycles. The van der Waals surface area contributed by atoms with Crippen LogP contribution in [-0.2, 0) is 10.0 Å². The van der Waals surface area contributed by atoms with Crippen molar-refractivity contribution in [2.24, 2.45) is 5.92 Å². The second kappa shape index (κ2) is 4.89. The maximum absolute atomic E-state index is 12.0. The minimum absolute atomic E-state index is 0.0623. The molecular formula is C11H15NO3S2. The van der Waals surface area contributed by atoms with Gasteiger partial charge >= 0.3 is 0 Å². The van der Waals surface area contributed by atoms with Gasteiger partial charge in [0.1, 0.15) is 4.21 Å². The molecule has 0 unspecified atom stereocenters. The molecule has 0 aliphatic heterocycles. The number of hydrogen-bond acceptors (Lipinski definition) is 4. The normalized spacial score (nSPS) is 24.4. The molecule has 2 N–H and O–H groups in total. The Balaban J connectivity index is 2.07. The van der Waals surface area contributed by atoms with Crippen molar-refractivity contribution in [3.8, 4) is 0 Å². The first kappa shape index (κ1) is 12.8. The van der Waals surface area contributed by atoms with Crippen LogP contribution in [-0.4, -0.2) is 26.2 Å². The summed E-state index contributed by atoms with van der Waals surface area (Å²) in [4.78, 5) is 0.973. The topological polar surface area (TPSA) is 66.4 Å². The van der Waals surface area contributed by atoms with Crippen molar-refractivity contribution in [2.75, 3.05) is 6.61 Å².